The van der Waals surface area contributed by atoms with Gasteiger partial charge >= 0.3 is 0 Å². The highest BCUT2D eigenvalue weighted by atomic mass is 15.0. The average Bonchev–Trinajstić information content (AvgIpc) is 1.85. The number of nitrogens with zero attached hydrogens (tertiary/aromatic N) is 1. The minimum Gasteiger partial charge on any atom is -0.309 e. The second-order valence-corrected chi connectivity index (χ2v) is 4.07. The molecule has 1 heteroatoms. The van der Waals surface area contributed by atoms with Crippen LogP contribution in [0.4, 0.5) is 0 Å². The molecular weight excluding hydrogens is 122 g/mol. The van der Waals surface area contributed by atoms with Crippen molar-refractivity contribution in [1.82, 2.24) is 4.90 Å². The van der Waals surface area contributed by atoms with Gasteiger partial charge in [-0.25, -0.2) is 0 Å². The first kappa shape index (κ1) is 9.96. The highest BCUT2D eigenvalue weighted by Gasteiger charge is 2.14. The van der Waals surface area contributed by atoms with Gasteiger partial charge in [-0.1, -0.05) is 27.2 Å². The molecule has 0 radical (unpaired) electrons. The highest BCUT2D eigenvalue weighted by molar-refractivity contribution is 4.66. The average molecular weight is 143 g/mol. The van der Waals surface area contributed by atoms with Crippen LogP contribution in [0.25, 0.3) is 0 Å². The van der Waals surface area contributed by atoms with Gasteiger partial charge in [-0.3, -0.25) is 0 Å². The molecule has 0 aliphatic carbocycles. The van der Waals surface area contributed by atoms with E-state index < -0.39 is 0 Å². The van der Waals surface area contributed by atoms with E-state index in [4.69, 9.17) is 0 Å². The van der Waals surface area contributed by atoms with Crippen LogP contribution >= 0.6 is 0 Å². The number of rotatable bonds is 4. The fourth-order valence-corrected chi connectivity index (χ4v) is 0.703. The predicted molar refractivity (Wildman–Crippen MR) is 47.2 cm³/mol. The van der Waals surface area contributed by atoms with Crippen LogP contribution in [0, 0.1) is 5.41 Å². The van der Waals surface area contributed by atoms with E-state index in [1.165, 1.54) is 19.4 Å². The summed E-state index contributed by atoms with van der Waals surface area (Å²) in [5.41, 5.74) is 0.532. The van der Waals surface area contributed by atoms with Crippen molar-refractivity contribution in [3.05, 3.63) is 0 Å². The monoisotopic (exact) mass is 143 g/mol. The molecule has 0 aromatic carbocycles. The summed E-state index contributed by atoms with van der Waals surface area (Å²) in [5, 5.41) is 0. The first-order valence-corrected chi connectivity index (χ1v) is 4.12. The van der Waals surface area contributed by atoms with Gasteiger partial charge in [0, 0.05) is 0 Å². The van der Waals surface area contributed by atoms with Gasteiger partial charge in [-0.15, -0.1) is 0 Å². The summed E-state index contributed by atoms with van der Waals surface area (Å²) in [6, 6.07) is 0. The lowest BCUT2D eigenvalue weighted by atomic mass is 9.86. The van der Waals surface area contributed by atoms with E-state index in [9.17, 15) is 0 Å². The van der Waals surface area contributed by atoms with E-state index in [2.05, 4.69) is 39.8 Å². The summed E-state index contributed by atoms with van der Waals surface area (Å²) in [6.45, 7) is 8.13. The van der Waals surface area contributed by atoms with Crippen LogP contribution in [0.3, 0.4) is 0 Å². The maximum absolute atomic E-state index is 2.33. The standard InChI is InChI=1S/C9H21N/c1-6-9(2,3)7-8-10(4)5/h6-8H2,1-5H3. The second-order valence-electron chi connectivity index (χ2n) is 4.07. The van der Waals surface area contributed by atoms with Gasteiger partial charge in [-0.05, 0) is 32.5 Å². The van der Waals surface area contributed by atoms with Gasteiger partial charge in [0.05, 0.1) is 0 Å². The Labute approximate surface area is 65.4 Å². The van der Waals surface area contributed by atoms with Crippen molar-refractivity contribution < 1.29 is 0 Å². The summed E-state index contributed by atoms with van der Waals surface area (Å²) in [7, 11) is 4.26. The summed E-state index contributed by atoms with van der Waals surface area (Å²) in [6.07, 6.45) is 2.58. The van der Waals surface area contributed by atoms with E-state index in [0.29, 0.717) is 5.41 Å². The molecule has 0 heterocycles. The summed E-state index contributed by atoms with van der Waals surface area (Å²) in [5.74, 6) is 0. The molecule has 62 valence electrons. The lowest BCUT2D eigenvalue weighted by Crippen LogP contribution is -2.20. The molecule has 0 fully saturated rings. The van der Waals surface area contributed by atoms with Gasteiger partial charge in [0.25, 0.3) is 0 Å². The molecule has 0 bridgehead atoms. The molecule has 1 nitrogen and oxygen atoms in total. The van der Waals surface area contributed by atoms with Gasteiger partial charge in [0.2, 0.25) is 0 Å². The SMILES string of the molecule is CCC(C)(C)CCN(C)C. The Bertz CT molecular complexity index is 84.7. The molecule has 0 spiro atoms. The number of hydrogen-bond donors (Lipinski definition) is 0. The molecule has 10 heavy (non-hydrogen) atoms. The molecule has 0 aliphatic heterocycles. The van der Waals surface area contributed by atoms with E-state index in [1.54, 1.807) is 0 Å². The Kier molecular flexibility index (Phi) is 3.95. The molecule has 0 saturated carbocycles. The third-order valence-corrected chi connectivity index (χ3v) is 2.19. The van der Waals surface area contributed by atoms with Gasteiger partial charge in [0.15, 0.2) is 0 Å². The van der Waals surface area contributed by atoms with Crippen LogP contribution in [-0.4, -0.2) is 25.5 Å². The van der Waals surface area contributed by atoms with Gasteiger partial charge in [-0.2, -0.15) is 0 Å². The third kappa shape index (κ3) is 4.80. The normalized spacial score (nSPS) is 12.6. The van der Waals surface area contributed by atoms with E-state index >= 15 is 0 Å². The Balaban J connectivity index is 3.46. The smallest absolute Gasteiger partial charge is 0.00197 e. The van der Waals surface area contributed by atoms with Crippen molar-refractivity contribution in [2.24, 2.45) is 5.41 Å². The molecule has 0 rings (SSSR count). The maximum Gasteiger partial charge on any atom is -0.00197 e. The third-order valence-electron chi connectivity index (χ3n) is 2.19. The first-order valence-electron chi connectivity index (χ1n) is 4.12. The van der Waals surface area contributed by atoms with Crippen molar-refractivity contribution in [3.63, 3.8) is 0 Å². The molecule has 0 N–H and O–H groups in total. The zero-order valence-corrected chi connectivity index (χ0v) is 8.07. The van der Waals surface area contributed by atoms with Crippen molar-refractivity contribution >= 4 is 0 Å². The Hall–Kier alpha value is -0.0400. The molecule has 0 saturated heterocycles. The molecule has 0 aromatic rings. The Morgan fingerprint density at radius 2 is 1.70 bits per heavy atom. The topological polar surface area (TPSA) is 3.24 Å². The van der Waals surface area contributed by atoms with Crippen LogP contribution in [-0.2, 0) is 0 Å². The summed E-state index contributed by atoms with van der Waals surface area (Å²) >= 11 is 0. The van der Waals surface area contributed by atoms with Crippen LogP contribution in [0.1, 0.15) is 33.6 Å². The van der Waals surface area contributed by atoms with Gasteiger partial charge < -0.3 is 4.90 Å². The van der Waals surface area contributed by atoms with Crippen LogP contribution in [0.5, 0.6) is 0 Å². The Morgan fingerprint density at radius 3 is 2.00 bits per heavy atom. The largest absolute Gasteiger partial charge is 0.309 e. The minimum atomic E-state index is 0.532. The zero-order valence-electron chi connectivity index (χ0n) is 8.07. The minimum absolute atomic E-state index is 0.532. The lowest BCUT2D eigenvalue weighted by Gasteiger charge is -2.24. The van der Waals surface area contributed by atoms with Crippen LogP contribution in [0.15, 0.2) is 0 Å². The fourth-order valence-electron chi connectivity index (χ4n) is 0.703. The molecule has 0 amide bonds. The predicted octanol–water partition coefficient (Wildman–Crippen LogP) is 2.37. The van der Waals surface area contributed by atoms with Crippen LogP contribution in [0.2, 0.25) is 0 Å². The summed E-state index contributed by atoms with van der Waals surface area (Å²) in [4.78, 5) is 2.25. The van der Waals surface area contributed by atoms with E-state index in [-0.39, 0.29) is 0 Å². The molecule has 0 unspecified atom stereocenters. The van der Waals surface area contributed by atoms with Crippen molar-refractivity contribution in [3.8, 4) is 0 Å². The maximum atomic E-state index is 2.33. The zero-order chi connectivity index (χ0) is 8.20. The van der Waals surface area contributed by atoms with E-state index in [1.807, 2.05) is 0 Å². The Morgan fingerprint density at radius 1 is 1.20 bits per heavy atom. The summed E-state index contributed by atoms with van der Waals surface area (Å²) < 4.78 is 0. The van der Waals surface area contributed by atoms with Gasteiger partial charge in [0.1, 0.15) is 0 Å². The molecular formula is C9H21N. The fraction of sp³-hybridized carbons (Fsp3) is 1.00. The van der Waals surface area contributed by atoms with Crippen molar-refractivity contribution in [1.29, 1.82) is 0 Å². The first-order chi connectivity index (χ1) is 4.48. The van der Waals surface area contributed by atoms with E-state index in [0.717, 1.165) is 0 Å². The van der Waals surface area contributed by atoms with Crippen molar-refractivity contribution in [2.45, 2.75) is 33.6 Å². The second kappa shape index (κ2) is 3.97. The van der Waals surface area contributed by atoms with Crippen LogP contribution < -0.4 is 0 Å². The molecule has 0 aromatic heterocycles. The lowest BCUT2D eigenvalue weighted by molar-refractivity contribution is 0.266. The highest BCUT2D eigenvalue weighted by Crippen LogP contribution is 2.23. The molecule has 0 aliphatic rings. The molecule has 0 atom stereocenters. The quantitative estimate of drug-likeness (QED) is 0.584. The number of hydrogen-bond acceptors (Lipinski definition) is 1. The van der Waals surface area contributed by atoms with Crippen molar-refractivity contribution in [2.75, 3.05) is 20.6 Å².